The molecule has 1 heterocycles. The number of hydrogen-bond acceptors (Lipinski definition) is 4. The van der Waals surface area contributed by atoms with Crippen LogP contribution < -0.4 is 10.6 Å². The summed E-state index contributed by atoms with van der Waals surface area (Å²) in [6.07, 6.45) is 2.64. The summed E-state index contributed by atoms with van der Waals surface area (Å²) in [5.74, 6) is 1.00. The lowest BCUT2D eigenvalue weighted by atomic mass is 10.0. The topological polar surface area (TPSA) is 63.2 Å². The summed E-state index contributed by atoms with van der Waals surface area (Å²) in [5, 5.41) is 6.19. The van der Waals surface area contributed by atoms with Gasteiger partial charge in [0.15, 0.2) is 0 Å². The molecule has 0 aliphatic rings. The summed E-state index contributed by atoms with van der Waals surface area (Å²) in [6, 6.07) is 3.63. The summed E-state index contributed by atoms with van der Waals surface area (Å²) in [4.78, 5) is 16.5. The van der Waals surface area contributed by atoms with Crippen LogP contribution in [0.15, 0.2) is 18.3 Å². The molecule has 0 bridgehead atoms. The fraction of sp³-hybridized carbons (Fsp3) is 0.625. The second kappa shape index (κ2) is 9.34. The molecule has 0 radical (unpaired) electrons. The number of nitrogens with zero attached hydrogens (tertiary/aromatic N) is 1. The summed E-state index contributed by atoms with van der Waals surface area (Å²) in [6.45, 7) is 10.2. The molecule has 0 fully saturated rings. The fourth-order valence-electron chi connectivity index (χ4n) is 1.78. The number of aromatic nitrogens is 1. The van der Waals surface area contributed by atoms with Gasteiger partial charge in [-0.05, 0) is 31.4 Å². The van der Waals surface area contributed by atoms with Crippen LogP contribution in [0.4, 0.5) is 5.82 Å². The van der Waals surface area contributed by atoms with E-state index in [-0.39, 0.29) is 11.9 Å². The molecule has 1 atom stereocenters. The van der Waals surface area contributed by atoms with Crippen molar-refractivity contribution in [2.24, 2.45) is 5.92 Å². The van der Waals surface area contributed by atoms with Crippen molar-refractivity contribution in [3.63, 3.8) is 0 Å². The maximum atomic E-state index is 12.2. The molecule has 1 unspecified atom stereocenters. The van der Waals surface area contributed by atoms with Gasteiger partial charge in [-0.3, -0.25) is 4.79 Å². The van der Waals surface area contributed by atoms with Crippen LogP contribution in [0.5, 0.6) is 0 Å². The Morgan fingerprint density at radius 2 is 2.10 bits per heavy atom. The summed E-state index contributed by atoms with van der Waals surface area (Å²) < 4.78 is 5.42. The molecule has 5 heteroatoms. The van der Waals surface area contributed by atoms with E-state index in [1.165, 1.54) is 0 Å². The van der Waals surface area contributed by atoms with Gasteiger partial charge in [0.25, 0.3) is 5.91 Å². The van der Waals surface area contributed by atoms with Gasteiger partial charge in [0.2, 0.25) is 0 Å². The van der Waals surface area contributed by atoms with Crippen LogP contribution >= 0.6 is 0 Å². The van der Waals surface area contributed by atoms with Crippen LogP contribution in [0.25, 0.3) is 0 Å². The second-order valence-electron chi connectivity index (χ2n) is 5.34. The molecule has 118 valence electrons. The van der Waals surface area contributed by atoms with Gasteiger partial charge < -0.3 is 15.4 Å². The number of carbonyl (C=O) groups excluding carboxylic acids is 1. The maximum Gasteiger partial charge on any atom is 0.253 e. The molecule has 1 amide bonds. The lowest BCUT2D eigenvalue weighted by Crippen LogP contribution is -2.41. The van der Waals surface area contributed by atoms with Crippen molar-refractivity contribution in [1.82, 2.24) is 10.3 Å². The minimum Gasteiger partial charge on any atom is -0.380 e. The first-order valence-electron chi connectivity index (χ1n) is 7.67. The number of pyridine rings is 1. The molecule has 5 nitrogen and oxygen atoms in total. The number of ether oxygens (including phenoxy) is 1. The summed E-state index contributed by atoms with van der Waals surface area (Å²) in [5.41, 5.74) is 0.569. The lowest BCUT2D eigenvalue weighted by molar-refractivity contribution is 0.0806. The lowest BCUT2D eigenvalue weighted by Gasteiger charge is -2.22. The molecule has 0 aromatic carbocycles. The van der Waals surface area contributed by atoms with Gasteiger partial charge in [-0.15, -0.1) is 0 Å². The van der Waals surface area contributed by atoms with E-state index in [0.29, 0.717) is 24.7 Å². The number of amides is 1. The van der Waals surface area contributed by atoms with Crippen molar-refractivity contribution in [2.45, 2.75) is 40.2 Å². The zero-order valence-corrected chi connectivity index (χ0v) is 13.5. The largest absolute Gasteiger partial charge is 0.380 e. The van der Waals surface area contributed by atoms with E-state index in [9.17, 15) is 4.79 Å². The highest BCUT2D eigenvalue weighted by molar-refractivity contribution is 5.94. The SMILES string of the molecule is CCCNc1ccc(C(=O)NC(COCC)C(C)C)cn1. The third-order valence-corrected chi connectivity index (χ3v) is 3.20. The Hall–Kier alpha value is -1.62. The zero-order chi connectivity index (χ0) is 15.7. The van der Waals surface area contributed by atoms with Gasteiger partial charge in [-0.25, -0.2) is 4.98 Å². The van der Waals surface area contributed by atoms with Crippen LogP contribution in [-0.4, -0.2) is 36.7 Å². The fourth-order valence-corrected chi connectivity index (χ4v) is 1.78. The van der Waals surface area contributed by atoms with E-state index in [0.717, 1.165) is 18.8 Å². The molecule has 21 heavy (non-hydrogen) atoms. The first-order valence-corrected chi connectivity index (χ1v) is 7.67. The van der Waals surface area contributed by atoms with Gasteiger partial charge in [-0.2, -0.15) is 0 Å². The Bertz CT molecular complexity index is 418. The van der Waals surface area contributed by atoms with Gasteiger partial charge in [0, 0.05) is 19.3 Å². The number of carbonyl (C=O) groups is 1. The van der Waals surface area contributed by atoms with Crippen LogP contribution in [-0.2, 0) is 4.74 Å². The first-order chi connectivity index (χ1) is 10.1. The molecule has 1 aromatic rings. The van der Waals surface area contributed by atoms with Crippen molar-refractivity contribution in [3.8, 4) is 0 Å². The minimum atomic E-state index is -0.108. The highest BCUT2D eigenvalue weighted by Gasteiger charge is 2.17. The van der Waals surface area contributed by atoms with Gasteiger partial charge >= 0.3 is 0 Å². The highest BCUT2D eigenvalue weighted by atomic mass is 16.5. The third-order valence-electron chi connectivity index (χ3n) is 3.20. The van der Waals surface area contributed by atoms with Crippen LogP contribution in [0.2, 0.25) is 0 Å². The average Bonchev–Trinajstić information content (AvgIpc) is 2.49. The predicted octanol–water partition coefficient (Wildman–Crippen LogP) is 2.69. The summed E-state index contributed by atoms with van der Waals surface area (Å²) in [7, 11) is 0. The van der Waals surface area contributed by atoms with Crippen LogP contribution in [0.1, 0.15) is 44.5 Å². The average molecular weight is 293 g/mol. The molecule has 1 rings (SSSR count). The molecule has 0 saturated heterocycles. The van der Waals surface area contributed by atoms with E-state index in [2.05, 4.69) is 36.4 Å². The zero-order valence-electron chi connectivity index (χ0n) is 13.5. The van der Waals surface area contributed by atoms with E-state index in [1.807, 2.05) is 13.0 Å². The van der Waals surface area contributed by atoms with Crippen molar-refractivity contribution in [1.29, 1.82) is 0 Å². The highest BCUT2D eigenvalue weighted by Crippen LogP contribution is 2.08. The normalized spacial score (nSPS) is 12.2. The van der Waals surface area contributed by atoms with Gasteiger partial charge in [0.05, 0.1) is 18.2 Å². The molecular formula is C16H27N3O2. The molecule has 0 aliphatic carbocycles. The quantitative estimate of drug-likeness (QED) is 0.735. The second-order valence-corrected chi connectivity index (χ2v) is 5.34. The van der Waals surface area contributed by atoms with Crippen molar-refractivity contribution < 1.29 is 9.53 Å². The standard InChI is InChI=1S/C16H27N3O2/c1-5-9-17-15-8-7-13(10-18-15)16(20)19-14(12(3)4)11-21-6-2/h7-8,10,12,14H,5-6,9,11H2,1-4H3,(H,17,18)(H,19,20). The number of anilines is 1. The number of rotatable bonds is 9. The van der Waals surface area contributed by atoms with E-state index in [1.54, 1.807) is 12.3 Å². The smallest absolute Gasteiger partial charge is 0.253 e. The van der Waals surface area contributed by atoms with E-state index in [4.69, 9.17) is 4.74 Å². The van der Waals surface area contributed by atoms with Crippen molar-refractivity contribution in [3.05, 3.63) is 23.9 Å². The third kappa shape index (κ3) is 6.12. The molecule has 0 saturated carbocycles. The van der Waals surface area contributed by atoms with Crippen LogP contribution in [0.3, 0.4) is 0 Å². The Labute approximate surface area is 127 Å². The van der Waals surface area contributed by atoms with Crippen LogP contribution in [0, 0.1) is 5.92 Å². The monoisotopic (exact) mass is 293 g/mol. The maximum absolute atomic E-state index is 12.2. The van der Waals surface area contributed by atoms with Crippen molar-refractivity contribution in [2.75, 3.05) is 25.1 Å². The van der Waals surface area contributed by atoms with Gasteiger partial charge in [-0.1, -0.05) is 20.8 Å². The molecular weight excluding hydrogens is 266 g/mol. The Kier molecular flexibility index (Phi) is 7.75. The molecule has 0 spiro atoms. The first kappa shape index (κ1) is 17.4. The Morgan fingerprint density at radius 3 is 2.62 bits per heavy atom. The van der Waals surface area contributed by atoms with Crippen molar-refractivity contribution >= 4 is 11.7 Å². The Morgan fingerprint density at radius 1 is 1.33 bits per heavy atom. The Balaban J connectivity index is 2.60. The molecule has 2 N–H and O–H groups in total. The number of hydrogen-bond donors (Lipinski definition) is 2. The van der Waals surface area contributed by atoms with E-state index >= 15 is 0 Å². The molecule has 0 aliphatic heterocycles. The predicted molar refractivity (Wildman–Crippen MR) is 85.6 cm³/mol. The number of nitrogens with one attached hydrogen (secondary N) is 2. The van der Waals surface area contributed by atoms with Gasteiger partial charge in [0.1, 0.15) is 5.82 Å². The summed E-state index contributed by atoms with van der Waals surface area (Å²) >= 11 is 0. The van der Waals surface area contributed by atoms with E-state index < -0.39 is 0 Å². The minimum absolute atomic E-state index is 0.00958. The molecule has 1 aromatic heterocycles.